The van der Waals surface area contributed by atoms with E-state index in [1.165, 1.54) is 11.3 Å². The minimum Gasteiger partial charge on any atom is -0.272 e. The Hall–Kier alpha value is -0.610. The van der Waals surface area contributed by atoms with Crippen molar-refractivity contribution in [2.45, 2.75) is 19.8 Å². The molecule has 0 saturated carbocycles. The number of aryl methyl sites for hydroxylation is 2. The van der Waals surface area contributed by atoms with Crippen LogP contribution in [0.2, 0.25) is 0 Å². The van der Waals surface area contributed by atoms with E-state index in [9.17, 15) is 0 Å². The average molecular weight is 400 g/mol. The van der Waals surface area contributed by atoms with E-state index < -0.39 is 0 Å². The maximum atomic E-state index is 4.46. The Morgan fingerprint density at radius 3 is 2.25 bits per heavy atom. The molecule has 2 aromatic rings. The van der Waals surface area contributed by atoms with Gasteiger partial charge in [-0.2, -0.15) is 5.10 Å². The number of nitrogens with zero attached hydrogens (tertiary/aromatic N) is 2. The van der Waals surface area contributed by atoms with Gasteiger partial charge in [0.1, 0.15) is 0 Å². The molecule has 1 aromatic heterocycles. The lowest BCUT2D eigenvalue weighted by Crippen LogP contribution is -2.31. The van der Waals surface area contributed by atoms with Crippen LogP contribution in [-0.2, 0) is 19.9 Å². The molecule has 0 atom stereocenters. The van der Waals surface area contributed by atoms with Gasteiger partial charge in [0, 0.05) is 23.4 Å². The number of benzene rings is 1. The molecule has 0 bridgehead atoms. The lowest BCUT2D eigenvalue weighted by molar-refractivity contribution is 0.374. The van der Waals surface area contributed by atoms with Gasteiger partial charge in [0.25, 0.3) is 0 Å². The lowest BCUT2D eigenvalue weighted by Gasteiger charge is -2.30. The third kappa shape index (κ3) is 3.73. The Morgan fingerprint density at radius 1 is 1.10 bits per heavy atom. The van der Waals surface area contributed by atoms with Crippen LogP contribution in [0.4, 0.5) is 0 Å². The molecule has 0 radical (unpaired) electrons. The Kier molecular flexibility index (Phi) is 5.44. The summed E-state index contributed by atoms with van der Waals surface area (Å²) in [6.45, 7) is 2.05. The Balaban J connectivity index is 2.23. The van der Waals surface area contributed by atoms with Crippen LogP contribution in [0.1, 0.15) is 17.0 Å². The predicted molar refractivity (Wildman–Crippen MR) is 91.8 cm³/mol. The largest absolute Gasteiger partial charge is 0.272 e. The van der Waals surface area contributed by atoms with E-state index in [0.29, 0.717) is 0 Å². The van der Waals surface area contributed by atoms with Crippen molar-refractivity contribution >= 4 is 31.9 Å². The van der Waals surface area contributed by atoms with Gasteiger partial charge in [-0.1, -0.05) is 62.2 Å². The molecule has 0 spiro atoms. The van der Waals surface area contributed by atoms with E-state index in [2.05, 4.69) is 73.4 Å². The van der Waals surface area contributed by atoms with Crippen molar-refractivity contribution in [3.8, 4) is 0 Å². The highest BCUT2D eigenvalue weighted by atomic mass is 79.9. The zero-order chi connectivity index (χ0) is 14.6. The van der Waals surface area contributed by atoms with Crippen molar-refractivity contribution < 1.29 is 0 Å². The van der Waals surface area contributed by atoms with Gasteiger partial charge >= 0.3 is 0 Å². The zero-order valence-corrected chi connectivity index (χ0v) is 15.1. The molecule has 1 aromatic carbocycles. The third-order valence-corrected chi connectivity index (χ3v) is 6.02. The van der Waals surface area contributed by atoms with E-state index in [1.807, 2.05) is 18.7 Å². The molecule has 2 nitrogen and oxygen atoms in total. The molecule has 0 aliphatic rings. The van der Waals surface area contributed by atoms with Gasteiger partial charge in [0.05, 0.1) is 5.69 Å². The SMILES string of the molecule is Cc1cc(CC(CBr)(CBr)Cc2ccccc2)n(C)n1. The van der Waals surface area contributed by atoms with Gasteiger partial charge in [-0.25, -0.2) is 0 Å². The number of halogens is 2. The van der Waals surface area contributed by atoms with E-state index in [-0.39, 0.29) is 5.41 Å². The van der Waals surface area contributed by atoms with Crippen molar-refractivity contribution in [3.63, 3.8) is 0 Å². The van der Waals surface area contributed by atoms with Crippen LogP contribution in [0.25, 0.3) is 0 Å². The lowest BCUT2D eigenvalue weighted by atomic mass is 9.81. The van der Waals surface area contributed by atoms with Crippen LogP contribution in [0.5, 0.6) is 0 Å². The molecular weight excluding hydrogens is 380 g/mol. The molecule has 108 valence electrons. The molecule has 0 unspecified atom stereocenters. The summed E-state index contributed by atoms with van der Waals surface area (Å²) < 4.78 is 2.00. The summed E-state index contributed by atoms with van der Waals surface area (Å²) in [5.41, 5.74) is 3.92. The van der Waals surface area contributed by atoms with Crippen LogP contribution in [0, 0.1) is 12.3 Å². The molecule has 2 rings (SSSR count). The number of hydrogen-bond acceptors (Lipinski definition) is 1. The Labute approximate surface area is 137 Å². The highest BCUT2D eigenvalue weighted by molar-refractivity contribution is 9.09. The molecular formula is C16H20Br2N2. The molecule has 0 aliphatic heterocycles. The van der Waals surface area contributed by atoms with Crippen LogP contribution in [0.3, 0.4) is 0 Å². The van der Waals surface area contributed by atoms with Crippen molar-refractivity contribution in [2.24, 2.45) is 12.5 Å². The fourth-order valence-electron chi connectivity index (χ4n) is 2.53. The summed E-state index contributed by atoms with van der Waals surface area (Å²) in [5, 5.41) is 6.38. The summed E-state index contributed by atoms with van der Waals surface area (Å²) in [7, 11) is 2.03. The topological polar surface area (TPSA) is 17.8 Å². The quantitative estimate of drug-likeness (QED) is 0.662. The average Bonchev–Trinajstić information content (AvgIpc) is 2.77. The second-order valence-corrected chi connectivity index (χ2v) is 6.63. The molecule has 0 aliphatic carbocycles. The van der Waals surface area contributed by atoms with Gasteiger partial charge in [0.15, 0.2) is 0 Å². The molecule has 0 fully saturated rings. The van der Waals surface area contributed by atoms with Crippen LogP contribution in [-0.4, -0.2) is 20.4 Å². The number of aromatic nitrogens is 2. The van der Waals surface area contributed by atoms with Gasteiger partial charge in [0.2, 0.25) is 0 Å². The second kappa shape index (κ2) is 6.90. The fourth-order valence-corrected chi connectivity index (χ4v) is 4.25. The zero-order valence-electron chi connectivity index (χ0n) is 11.9. The number of hydrogen-bond donors (Lipinski definition) is 0. The van der Waals surface area contributed by atoms with Crippen molar-refractivity contribution in [1.29, 1.82) is 0 Å². The van der Waals surface area contributed by atoms with Gasteiger partial charge in [-0.3, -0.25) is 4.68 Å². The van der Waals surface area contributed by atoms with E-state index >= 15 is 0 Å². The summed E-state index contributed by atoms with van der Waals surface area (Å²) in [6.07, 6.45) is 2.06. The number of alkyl halides is 2. The number of rotatable bonds is 6. The molecule has 1 heterocycles. The van der Waals surface area contributed by atoms with Crippen molar-refractivity contribution in [1.82, 2.24) is 9.78 Å². The Bertz CT molecular complexity index is 545. The summed E-state index contributed by atoms with van der Waals surface area (Å²) in [6, 6.07) is 12.9. The Morgan fingerprint density at radius 2 is 1.75 bits per heavy atom. The second-order valence-electron chi connectivity index (χ2n) is 5.51. The molecule has 0 amide bonds. The van der Waals surface area contributed by atoms with Crippen LogP contribution >= 0.6 is 31.9 Å². The van der Waals surface area contributed by atoms with Crippen molar-refractivity contribution in [2.75, 3.05) is 10.7 Å². The maximum Gasteiger partial charge on any atom is 0.0596 e. The standard InChI is InChI=1S/C16H20Br2N2/c1-13-8-15(20(2)19-13)10-16(11-17,12-18)9-14-6-4-3-5-7-14/h3-8H,9-12H2,1-2H3. The predicted octanol–water partition coefficient (Wildman–Crippen LogP) is 4.29. The van der Waals surface area contributed by atoms with E-state index in [4.69, 9.17) is 0 Å². The third-order valence-electron chi connectivity index (χ3n) is 3.64. The van der Waals surface area contributed by atoms with E-state index in [1.54, 1.807) is 0 Å². The first kappa shape index (κ1) is 15.8. The molecule has 0 N–H and O–H groups in total. The summed E-state index contributed by atoms with van der Waals surface area (Å²) in [5.74, 6) is 0. The first-order valence-corrected chi connectivity index (χ1v) is 8.98. The fraction of sp³-hybridized carbons (Fsp3) is 0.438. The normalized spacial score (nSPS) is 11.8. The first-order valence-electron chi connectivity index (χ1n) is 6.74. The highest BCUT2D eigenvalue weighted by Crippen LogP contribution is 2.32. The van der Waals surface area contributed by atoms with Gasteiger partial charge < -0.3 is 0 Å². The summed E-state index contributed by atoms with van der Waals surface area (Å²) in [4.78, 5) is 0. The molecule has 4 heteroatoms. The summed E-state index contributed by atoms with van der Waals surface area (Å²) >= 11 is 7.44. The maximum absolute atomic E-state index is 4.46. The molecule has 20 heavy (non-hydrogen) atoms. The molecule has 0 saturated heterocycles. The van der Waals surface area contributed by atoms with Crippen LogP contribution < -0.4 is 0 Å². The van der Waals surface area contributed by atoms with E-state index in [0.717, 1.165) is 29.2 Å². The monoisotopic (exact) mass is 398 g/mol. The van der Waals surface area contributed by atoms with Crippen LogP contribution in [0.15, 0.2) is 36.4 Å². The smallest absolute Gasteiger partial charge is 0.0596 e. The first-order chi connectivity index (χ1) is 9.58. The highest BCUT2D eigenvalue weighted by Gasteiger charge is 2.30. The van der Waals surface area contributed by atoms with Gasteiger partial charge in [-0.15, -0.1) is 0 Å². The van der Waals surface area contributed by atoms with Gasteiger partial charge in [-0.05, 0) is 36.8 Å². The minimum absolute atomic E-state index is 0.168. The minimum atomic E-state index is 0.168. The van der Waals surface area contributed by atoms with Crippen molar-refractivity contribution in [3.05, 3.63) is 53.3 Å².